The van der Waals surface area contributed by atoms with Crippen molar-refractivity contribution in [3.05, 3.63) is 35.0 Å². The summed E-state index contributed by atoms with van der Waals surface area (Å²) in [6.07, 6.45) is 1.94. The molecule has 1 saturated carbocycles. The normalized spacial score (nSPS) is 21.5. The van der Waals surface area contributed by atoms with Crippen LogP contribution in [-0.2, 0) is 19.0 Å². The molecule has 3 atom stereocenters. The van der Waals surface area contributed by atoms with E-state index in [4.69, 9.17) is 20.5 Å². The Kier molecular flexibility index (Phi) is 7.60. The monoisotopic (exact) mass is 499 g/mol. The fourth-order valence-corrected chi connectivity index (χ4v) is 4.66. The summed E-state index contributed by atoms with van der Waals surface area (Å²) in [6.45, 7) is 5.29. The average Bonchev–Trinajstić information content (AvgIpc) is 3.03. The van der Waals surface area contributed by atoms with Gasteiger partial charge in [-0.25, -0.2) is 4.79 Å². The summed E-state index contributed by atoms with van der Waals surface area (Å²) in [7, 11) is -3.57. The van der Waals surface area contributed by atoms with Crippen molar-refractivity contribution in [1.29, 1.82) is 0 Å². The number of aromatic amines is 1. The van der Waals surface area contributed by atoms with Crippen LogP contribution in [-0.4, -0.2) is 55.9 Å². The van der Waals surface area contributed by atoms with Crippen molar-refractivity contribution in [2.45, 2.75) is 57.7 Å². The van der Waals surface area contributed by atoms with E-state index in [2.05, 4.69) is 15.6 Å². The number of hydrogen-bond donors (Lipinski definition) is 3. The number of rotatable bonds is 6. The average molecular weight is 500 g/mol. The molecule has 0 saturated heterocycles. The van der Waals surface area contributed by atoms with E-state index in [1.807, 2.05) is 24.3 Å². The third-order valence-corrected chi connectivity index (χ3v) is 6.32. The Balaban J connectivity index is 1.74. The van der Waals surface area contributed by atoms with Gasteiger partial charge in [0.15, 0.2) is 0 Å². The largest absolute Gasteiger partial charge is 0.444 e. The van der Waals surface area contributed by atoms with Crippen molar-refractivity contribution in [3.8, 4) is 0 Å². The summed E-state index contributed by atoms with van der Waals surface area (Å²) in [5.74, 6) is -0.493. The van der Waals surface area contributed by atoms with E-state index in [0.717, 1.165) is 17.2 Å². The Morgan fingerprint density at radius 3 is 2.48 bits per heavy atom. The van der Waals surface area contributed by atoms with Crippen LogP contribution in [0.1, 0.15) is 50.5 Å². The summed E-state index contributed by atoms with van der Waals surface area (Å²) in [4.78, 5) is 28.5. The van der Waals surface area contributed by atoms with Gasteiger partial charge in [0.05, 0.1) is 23.9 Å². The summed E-state index contributed by atoms with van der Waals surface area (Å²) in [5.41, 5.74) is 0.308. The molecule has 1 aromatic heterocycles. The van der Waals surface area contributed by atoms with Crippen molar-refractivity contribution in [2.24, 2.45) is 5.92 Å². The molecule has 33 heavy (non-hydrogen) atoms. The number of hydrogen-bond acceptors (Lipinski definition) is 6. The first kappa shape index (κ1) is 25.3. The zero-order chi connectivity index (χ0) is 24.4. The van der Waals surface area contributed by atoms with E-state index in [1.54, 1.807) is 20.8 Å². The van der Waals surface area contributed by atoms with Gasteiger partial charge in [0, 0.05) is 16.9 Å². The van der Waals surface area contributed by atoms with Crippen molar-refractivity contribution in [3.63, 3.8) is 0 Å². The van der Waals surface area contributed by atoms with Crippen LogP contribution in [0.25, 0.3) is 10.9 Å². The number of H-pyrrole nitrogens is 1. The maximum atomic E-state index is 13.0. The van der Waals surface area contributed by atoms with E-state index < -0.39 is 33.9 Å². The first-order chi connectivity index (χ1) is 15.3. The van der Waals surface area contributed by atoms with Crippen LogP contribution in [0, 0.1) is 5.92 Å². The second-order valence-corrected chi connectivity index (χ2v) is 11.4. The molecule has 1 aliphatic carbocycles. The third kappa shape index (κ3) is 7.09. The molecule has 2 aromatic rings. The van der Waals surface area contributed by atoms with E-state index in [-0.39, 0.29) is 24.1 Å². The lowest BCUT2D eigenvalue weighted by molar-refractivity contribution is 0.0451. The van der Waals surface area contributed by atoms with Crippen molar-refractivity contribution >= 4 is 44.6 Å². The van der Waals surface area contributed by atoms with Gasteiger partial charge in [0.25, 0.3) is 16.0 Å². The van der Waals surface area contributed by atoms with Crippen LogP contribution in [0.4, 0.5) is 4.79 Å². The molecular weight excluding hydrogens is 470 g/mol. The lowest BCUT2D eigenvalue weighted by Crippen LogP contribution is -2.55. The number of benzene rings is 1. The fraction of sp³-hybridized carbons (Fsp3) is 0.545. The molecule has 1 aliphatic rings. The minimum Gasteiger partial charge on any atom is -0.444 e. The van der Waals surface area contributed by atoms with E-state index in [0.29, 0.717) is 24.3 Å². The molecule has 3 N–H and O–H groups in total. The molecule has 1 heterocycles. The molecule has 0 aliphatic heterocycles. The Hall–Kier alpha value is -2.30. The van der Waals surface area contributed by atoms with Gasteiger partial charge >= 0.3 is 6.09 Å². The summed E-state index contributed by atoms with van der Waals surface area (Å²) >= 11 is 6.41. The number of amides is 2. The molecule has 11 heteroatoms. The number of para-hydroxylation sites is 1. The Morgan fingerprint density at radius 1 is 1.15 bits per heavy atom. The smallest absolute Gasteiger partial charge is 0.407 e. The summed E-state index contributed by atoms with van der Waals surface area (Å²) in [5, 5.41) is 6.86. The number of aromatic nitrogens is 1. The molecule has 0 spiro atoms. The van der Waals surface area contributed by atoms with Gasteiger partial charge in [0.2, 0.25) is 0 Å². The fourth-order valence-electron chi connectivity index (χ4n) is 3.92. The third-order valence-electron chi connectivity index (χ3n) is 5.37. The van der Waals surface area contributed by atoms with Gasteiger partial charge in [0.1, 0.15) is 11.3 Å². The second kappa shape index (κ2) is 9.90. The second-order valence-electron chi connectivity index (χ2n) is 9.36. The van der Waals surface area contributed by atoms with Crippen molar-refractivity contribution < 1.29 is 26.9 Å². The van der Waals surface area contributed by atoms with E-state index in [9.17, 15) is 18.0 Å². The van der Waals surface area contributed by atoms with Crippen molar-refractivity contribution in [1.82, 2.24) is 15.6 Å². The van der Waals surface area contributed by atoms with Gasteiger partial charge in [-0.05, 0) is 52.0 Å². The molecule has 0 radical (unpaired) electrons. The number of carbonyl (C=O) groups is 2. The molecule has 3 rings (SSSR count). The van der Waals surface area contributed by atoms with Crippen LogP contribution in [0.5, 0.6) is 0 Å². The minimum atomic E-state index is -3.57. The van der Waals surface area contributed by atoms with Gasteiger partial charge < -0.3 is 20.4 Å². The molecule has 9 nitrogen and oxygen atoms in total. The zero-order valence-electron chi connectivity index (χ0n) is 19.1. The molecule has 0 bridgehead atoms. The van der Waals surface area contributed by atoms with Crippen molar-refractivity contribution in [2.75, 3.05) is 12.9 Å². The molecule has 1 aromatic carbocycles. The molecule has 182 valence electrons. The van der Waals surface area contributed by atoms with Crippen LogP contribution >= 0.6 is 11.6 Å². The first-order valence-electron chi connectivity index (χ1n) is 10.7. The van der Waals surface area contributed by atoms with Gasteiger partial charge in [-0.1, -0.05) is 29.8 Å². The van der Waals surface area contributed by atoms with Gasteiger partial charge in [-0.3, -0.25) is 8.98 Å². The SMILES string of the molecule is CC(C)(C)OC(=O)N[C@@H]1C[C@@H](COS(C)(=O)=O)CC[C@@H]1NC(=O)c1[nH]c2ccccc2c1Cl. The van der Waals surface area contributed by atoms with Crippen LogP contribution in [0.2, 0.25) is 5.02 Å². The highest BCUT2D eigenvalue weighted by molar-refractivity contribution is 7.85. The predicted octanol–water partition coefficient (Wildman–Crippen LogP) is 3.59. The predicted molar refractivity (Wildman–Crippen MR) is 126 cm³/mol. The number of carbonyl (C=O) groups excluding carboxylic acids is 2. The Morgan fingerprint density at radius 2 is 1.85 bits per heavy atom. The van der Waals surface area contributed by atoms with E-state index >= 15 is 0 Å². The lowest BCUT2D eigenvalue weighted by atomic mass is 9.82. The van der Waals surface area contributed by atoms with Gasteiger partial charge in [-0.2, -0.15) is 8.42 Å². The van der Waals surface area contributed by atoms with Crippen LogP contribution < -0.4 is 10.6 Å². The van der Waals surface area contributed by atoms with E-state index in [1.165, 1.54) is 0 Å². The molecule has 1 fully saturated rings. The topological polar surface area (TPSA) is 127 Å². The number of fused-ring (bicyclic) bond motifs is 1. The number of alkyl carbamates (subject to hydrolysis) is 1. The van der Waals surface area contributed by atoms with Crippen LogP contribution in [0.3, 0.4) is 0 Å². The Labute approximate surface area is 198 Å². The Bertz CT molecular complexity index is 1120. The highest BCUT2D eigenvalue weighted by atomic mass is 35.5. The zero-order valence-corrected chi connectivity index (χ0v) is 20.7. The maximum Gasteiger partial charge on any atom is 0.407 e. The maximum absolute atomic E-state index is 13.0. The van der Waals surface area contributed by atoms with Crippen LogP contribution in [0.15, 0.2) is 24.3 Å². The summed E-state index contributed by atoms with van der Waals surface area (Å²) in [6, 6.07) is 6.46. The molecule has 0 unspecified atom stereocenters. The molecule has 2 amide bonds. The number of nitrogens with one attached hydrogen (secondary N) is 3. The quantitative estimate of drug-likeness (QED) is 0.521. The van der Waals surface area contributed by atoms with Gasteiger partial charge in [-0.15, -0.1) is 0 Å². The lowest BCUT2D eigenvalue weighted by Gasteiger charge is -2.37. The number of ether oxygens (including phenoxy) is 1. The highest BCUT2D eigenvalue weighted by Gasteiger charge is 2.35. The number of halogens is 1. The minimum absolute atomic E-state index is 0.0137. The molecular formula is C22H30ClN3O6S. The first-order valence-corrected chi connectivity index (χ1v) is 12.9. The standard InChI is InChI=1S/C22H30ClN3O6S/c1-22(2,3)32-21(28)26-17-11-13(12-31-33(4,29)30)9-10-16(17)25-20(27)19-18(23)14-7-5-6-8-15(14)24-19/h5-8,13,16-17,24H,9-12H2,1-4H3,(H,25,27)(H,26,28)/t13-,16-,17+/m0/s1. The highest BCUT2D eigenvalue weighted by Crippen LogP contribution is 2.29. The summed E-state index contributed by atoms with van der Waals surface area (Å²) < 4.78 is 33.1.